The Bertz CT molecular complexity index is 624. The van der Waals surface area contributed by atoms with Crippen LogP contribution in [0, 0.1) is 6.92 Å². The van der Waals surface area contributed by atoms with Crippen molar-refractivity contribution < 1.29 is 4.74 Å². The van der Waals surface area contributed by atoms with Crippen LogP contribution in [0.3, 0.4) is 0 Å². The molecule has 1 aliphatic heterocycles. The normalized spacial score (nSPS) is 14.9. The molecule has 3 rings (SSSR count). The number of halogens is 1. The molecule has 1 aliphatic rings. The summed E-state index contributed by atoms with van der Waals surface area (Å²) in [5, 5.41) is 0. The summed E-state index contributed by atoms with van der Waals surface area (Å²) in [6, 6.07) is 12.3. The van der Waals surface area contributed by atoms with Gasteiger partial charge in [0.25, 0.3) is 0 Å². The molecule has 3 heteroatoms. The fourth-order valence-corrected chi connectivity index (χ4v) is 3.00. The molecule has 2 N–H and O–H groups in total. The number of rotatable bonds is 2. The topological polar surface area (TPSA) is 35.2 Å². The third-order valence-electron chi connectivity index (χ3n) is 3.63. The van der Waals surface area contributed by atoms with Crippen molar-refractivity contribution in [2.75, 3.05) is 6.61 Å². The monoisotopic (exact) mass is 317 g/mol. The molecule has 2 nitrogen and oxygen atoms in total. The number of ether oxygens (including phenoxy) is 1. The Kier molecular flexibility index (Phi) is 3.33. The van der Waals surface area contributed by atoms with Gasteiger partial charge in [-0.05, 0) is 35.2 Å². The summed E-state index contributed by atoms with van der Waals surface area (Å²) in [5.41, 5.74) is 11.1. The first-order valence-corrected chi connectivity index (χ1v) is 7.22. The number of nitrogens with two attached hydrogens (primary N) is 1. The zero-order valence-corrected chi connectivity index (χ0v) is 12.4. The minimum Gasteiger partial charge on any atom is -0.493 e. The minimum absolute atomic E-state index is 0.111. The molecule has 0 amide bonds. The SMILES string of the molecule is Cc1cccc(C(N)c2ccc3c(c2)CCO3)c1Br. The van der Waals surface area contributed by atoms with Gasteiger partial charge in [0.05, 0.1) is 12.6 Å². The first-order valence-electron chi connectivity index (χ1n) is 6.43. The van der Waals surface area contributed by atoms with Gasteiger partial charge < -0.3 is 10.5 Å². The molecular formula is C16H16BrNO. The second kappa shape index (κ2) is 4.99. The fraction of sp³-hybridized carbons (Fsp3) is 0.250. The highest BCUT2D eigenvalue weighted by atomic mass is 79.9. The molecule has 1 atom stereocenters. The first kappa shape index (κ1) is 12.7. The van der Waals surface area contributed by atoms with Gasteiger partial charge in [-0.1, -0.05) is 46.3 Å². The van der Waals surface area contributed by atoms with Crippen molar-refractivity contribution in [3.05, 3.63) is 63.1 Å². The van der Waals surface area contributed by atoms with E-state index in [1.807, 2.05) is 12.1 Å². The second-order valence-corrected chi connectivity index (χ2v) is 5.71. The van der Waals surface area contributed by atoms with E-state index in [4.69, 9.17) is 10.5 Å². The van der Waals surface area contributed by atoms with Crippen LogP contribution in [0.2, 0.25) is 0 Å². The Morgan fingerprint density at radius 3 is 2.95 bits per heavy atom. The summed E-state index contributed by atoms with van der Waals surface area (Å²) in [5.74, 6) is 0.999. The molecule has 19 heavy (non-hydrogen) atoms. The van der Waals surface area contributed by atoms with Gasteiger partial charge in [0.2, 0.25) is 0 Å². The average Bonchev–Trinajstić information content (AvgIpc) is 2.88. The smallest absolute Gasteiger partial charge is 0.122 e. The maximum Gasteiger partial charge on any atom is 0.122 e. The maximum atomic E-state index is 6.41. The Morgan fingerprint density at radius 1 is 1.26 bits per heavy atom. The number of aryl methyl sites for hydroxylation is 1. The fourth-order valence-electron chi connectivity index (χ4n) is 2.49. The molecule has 2 aromatic rings. The highest BCUT2D eigenvalue weighted by Gasteiger charge is 2.17. The lowest BCUT2D eigenvalue weighted by molar-refractivity contribution is 0.357. The summed E-state index contributed by atoms with van der Waals surface area (Å²) in [6.45, 7) is 2.86. The Balaban J connectivity index is 2.00. The van der Waals surface area contributed by atoms with Gasteiger partial charge in [-0.15, -0.1) is 0 Å². The van der Waals surface area contributed by atoms with Crippen molar-refractivity contribution in [1.82, 2.24) is 0 Å². The van der Waals surface area contributed by atoms with Crippen LogP contribution in [0.1, 0.15) is 28.3 Å². The van der Waals surface area contributed by atoms with Crippen LogP contribution in [0.25, 0.3) is 0 Å². The van der Waals surface area contributed by atoms with Crippen LogP contribution >= 0.6 is 15.9 Å². The van der Waals surface area contributed by atoms with E-state index in [-0.39, 0.29) is 6.04 Å². The van der Waals surface area contributed by atoms with Crippen LogP contribution in [0.4, 0.5) is 0 Å². The zero-order chi connectivity index (χ0) is 13.4. The largest absolute Gasteiger partial charge is 0.493 e. The van der Waals surface area contributed by atoms with E-state index in [1.165, 1.54) is 11.1 Å². The van der Waals surface area contributed by atoms with Crippen molar-refractivity contribution in [1.29, 1.82) is 0 Å². The lowest BCUT2D eigenvalue weighted by atomic mass is 9.96. The number of fused-ring (bicyclic) bond motifs is 1. The molecule has 1 heterocycles. The third kappa shape index (κ3) is 2.28. The van der Waals surface area contributed by atoms with Crippen LogP contribution in [-0.4, -0.2) is 6.61 Å². The summed E-state index contributed by atoms with van der Waals surface area (Å²) in [6.07, 6.45) is 0.977. The van der Waals surface area contributed by atoms with E-state index in [0.29, 0.717) is 0 Å². The number of hydrogen-bond donors (Lipinski definition) is 1. The quantitative estimate of drug-likeness (QED) is 0.915. The summed E-state index contributed by atoms with van der Waals surface area (Å²) < 4.78 is 6.63. The molecule has 98 valence electrons. The average molecular weight is 318 g/mol. The molecule has 0 spiro atoms. The molecular weight excluding hydrogens is 302 g/mol. The maximum absolute atomic E-state index is 6.41. The third-order valence-corrected chi connectivity index (χ3v) is 4.71. The predicted octanol–water partition coefficient (Wildman–Crippen LogP) is 3.74. The zero-order valence-electron chi connectivity index (χ0n) is 10.8. The van der Waals surface area contributed by atoms with Crippen molar-refractivity contribution in [2.45, 2.75) is 19.4 Å². The van der Waals surface area contributed by atoms with E-state index in [1.54, 1.807) is 0 Å². The number of hydrogen-bond acceptors (Lipinski definition) is 2. The molecule has 0 aromatic heterocycles. The van der Waals surface area contributed by atoms with Gasteiger partial charge in [0.15, 0.2) is 0 Å². The first-order chi connectivity index (χ1) is 9.16. The van der Waals surface area contributed by atoms with E-state index in [2.05, 4.69) is 47.1 Å². The predicted molar refractivity (Wildman–Crippen MR) is 80.6 cm³/mol. The Hall–Kier alpha value is -1.32. The Labute approximate surface area is 121 Å². The molecule has 0 radical (unpaired) electrons. The van der Waals surface area contributed by atoms with Gasteiger partial charge in [-0.3, -0.25) is 0 Å². The lowest BCUT2D eigenvalue weighted by Gasteiger charge is -2.16. The molecule has 0 aliphatic carbocycles. The molecule has 0 bridgehead atoms. The van der Waals surface area contributed by atoms with E-state index < -0.39 is 0 Å². The highest BCUT2D eigenvalue weighted by Crippen LogP contribution is 2.33. The lowest BCUT2D eigenvalue weighted by Crippen LogP contribution is -2.13. The van der Waals surface area contributed by atoms with Gasteiger partial charge in [0.1, 0.15) is 5.75 Å². The van der Waals surface area contributed by atoms with Crippen LogP contribution in [0.5, 0.6) is 5.75 Å². The summed E-state index contributed by atoms with van der Waals surface area (Å²) in [7, 11) is 0. The number of benzene rings is 2. The van der Waals surface area contributed by atoms with Gasteiger partial charge in [-0.2, -0.15) is 0 Å². The van der Waals surface area contributed by atoms with Gasteiger partial charge in [-0.25, -0.2) is 0 Å². The van der Waals surface area contributed by atoms with Crippen LogP contribution in [0.15, 0.2) is 40.9 Å². The van der Waals surface area contributed by atoms with E-state index in [9.17, 15) is 0 Å². The summed E-state index contributed by atoms with van der Waals surface area (Å²) >= 11 is 3.64. The van der Waals surface area contributed by atoms with Crippen LogP contribution in [-0.2, 0) is 6.42 Å². The summed E-state index contributed by atoms with van der Waals surface area (Å²) in [4.78, 5) is 0. The molecule has 1 unspecified atom stereocenters. The van der Waals surface area contributed by atoms with Crippen molar-refractivity contribution in [3.8, 4) is 5.75 Å². The van der Waals surface area contributed by atoms with Crippen molar-refractivity contribution in [3.63, 3.8) is 0 Å². The van der Waals surface area contributed by atoms with Crippen molar-refractivity contribution >= 4 is 15.9 Å². The van der Waals surface area contributed by atoms with E-state index in [0.717, 1.165) is 34.4 Å². The van der Waals surface area contributed by atoms with Gasteiger partial charge in [0, 0.05) is 10.9 Å². The van der Waals surface area contributed by atoms with Gasteiger partial charge >= 0.3 is 0 Å². The van der Waals surface area contributed by atoms with E-state index >= 15 is 0 Å². The molecule has 0 fully saturated rings. The molecule has 2 aromatic carbocycles. The van der Waals surface area contributed by atoms with Crippen molar-refractivity contribution in [2.24, 2.45) is 5.73 Å². The Morgan fingerprint density at radius 2 is 2.11 bits per heavy atom. The van der Waals surface area contributed by atoms with Crippen LogP contribution < -0.4 is 10.5 Å². The molecule has 0 saturated carbocycles. The molecule has 0 saturated heterocycles. The standard InChI is InChI=1S/C16H16BrNO/c1-10-3-2-4-13(15(10)17)16(18)12-5-6-14-11(9-12)7-8-19-14/h2-6,9,16H,7-8,18H2,1H3. The highest BCUT2D eigenvalue weighted by molar-refractivity contribution is 9.10. The second-order valence-electron chi connectivity index (χ2n) is 4.92. The minimum atomic E-state index is -0.111.